The largest absolute Gasteiger partial charge is 0.364 e. The molecule has 0 atom stereocenters. The van der Waals surface area contributed by atoms with Crippen molar-refractivity contribution in [2.45, 2.75) is 20.0 Å². The zero-order valence-corrected chi connectivity index (χ0v) is 20.6. The number of carbonyl (C=O) groups excluding carboxylic acids is 1. The first-order chi connectivity index (χ1) is 16.8. The van der Waals surface area contributed by atoms with E-state index in [0.717, 1.165) is 11.1 Å². The summed E-state index contributed by atoms with van der Waals surface area (Å²) in [6.45, 7) is 3.57. The molecular weight excluding hydrogens is 469 g/mol. The molecule has 0 fully saturated rings. The summed E-state index contributed by atoms with van der Waals surface area (Å²) < 4.78 is 15.2. The topological polar surface area (TPSA) is 79.2 Å². The van der Waals surface area contributed by atoms with Gasteiger partial charge in [-0.15, -0.1) is 0 Å². The number of likely N-dealkylation sites (N-methyl/N-ethyl adjacent to an activating group) is 2. The van der Waals surface area contributed by atoms with Crippen molar-refractivity contribution >= 4 is 40.4 Å². The number of benzene rings is 2. The minimum Gasteiger partial charge on any atom is -0.364 e. The van der Waals surface area contributed by atoms with Crippen molar-refractivity contribution in [1.29, 1.82) is 0 Å². The van der Waals surface area contributed by atoms with Crippen molar-refractivity contribution in [2.24, 2.45) is 0 Å². The Morgan fingerprint density at radius 1 is 1.09 bits per heavy atom. The molecule has 10 heteroatoms. The summed E-state index contributed by atoms with van der Waals surface area (Å²) in [6, 6.07) is 13.9. The van der Waals surface area contributed by atoms with Gasteiger partial charge in [0.2, 0.25) is 11.9 Å². The zero-order valence-electron chi connectivity index (χ0n) is 19.9. The molecule has 0 saturated carbocycles. The van der Waals surface area contributed by atoms with Crippen molar-refractivity contribution in [2.75, 3.05) is 37.4 Å². The van der Waals surface area contributed by atoms with Crippen LogP contribution in [0, 0.1) is 5.82 Å². The SMILES string of the molecule is CC(=O)N(C)CCN(C)c1nc(NCc2ccc(F)cc2)c2ncn(Cc3ccccc3Cl)c2n1. The molecule has 182 valence electrons. The molecule has 0 aliphatic heterocycles. The van der Waals surface area contributed by atoms with E-state index in [1.54, 1.807) is 30.4 Å². The summed E-state index contributed by atoms with van der Waals surface area (Å²) in [5.41, 5.74) is 3.14. The fourth-order valence-corrected chi connectivity index (χ4v) is 3.69. The Morgan fingerprint density at radius 3 is 2.54 bits per heavy atom. The monoisotopic (exact) mass is 495 g/mol. The Labute approximate surface area is 208 Å². The van der Waals surface area contributed by atoms with E-state index in [9.17, 15) is 9.18 Å². The van der Waals surface area contributed by atoms with Gasteiger partial charge in [-0.3, -0.25) is 4.79 Å². The maximum Gasteiger partial charge on any atom is 0.229 e. The lowest BCUT2D eigenvalue weighted by Crippen LogP contribution is -2.34. The second kappa shape index (κ2) is 10.7. The predicted molar refractivity (Wildman–Crippen MR) is 136 cm³/mol. The number of carbonyl (C=O) groups is 1. The number of aromatic nitrogens is 4. The van der Waals surface area contributed by atoms with E-state index in [0.29, 0.717) is 54.1 Å². The maximum absolute atomic E-state index is 13.3. The number of imidazole rings is 1. The van der Waals surface area contributed by atoms with Crippen LogP contribution >= 0.6 is 11.6 Å². The molecule has 0 radical (unpaired) electrons. The lowest BCUT2D eigenvalue weighted by molar-refractivity contribution is -0.127. The standard InChI is InChI=1S/C25H27ClFN7O/c1-17(35)32(2)12-13-33(3)25-30-23(28-14-18-8-10-20(27)11-9-18)22-24(31-25)34(16-29-22)15-19-6-4-5-7-21(19)26/h4-11,16H,12-15H2,1-3H3,(H,28,30,31). The van der Waals surface area contributed by atoms with Crippen molar-refractivity contribution in [3.8, 4) is 0 Å². The fourth-order valence-electron chi connectivity index (χ4n) is 3.50. The van der Waals surface area contributed by atoms with Gasteiger partial charge >= 0.3 is 0 Å². The summed E-state index contributed by atoms with van der Waals surface area (Å²) in [4.78, 5) is 29.2. The van der Waals surface area contributed by atoms with E-state index >= 15 is 0 Å². The minimum absolute atomic E-state index is 0.00533. The maximum atomic E-state index is 13.3. The number of hydrogen-bond donors (Lipinski definition) is 1. The highest BCUT2D eigenvalue weighted by atomic mass is 35.5. The number of amides is 1. The summed E-state index contributed by atoms with van der Waals surface area (Å²) >= 11 is 6.38. The van der Waals surface area contributed by atoms with E-state index in [2.05, 4.69) is 10.3 Å². The van der Waals surface area contributed by atoms with Crippen LogP contribution in [0.3, 0.4) is 0 Å². The molecular formula is C25H27ClFN7O. The van der Waals surface area contributed by atoms with E-state index < -0.39 is 0 Å². The van der Waals surface area contributed by atoms with Crippen LogP contribution in [0.25, 0.3) is 11.2 Å². The van der Waals surface area contributed by atoms with Gasteiger partial charge in [-0.1, -0.05) is 41.9 Å². The van der Waals surface area contributed by atoms with E-state index in [1.165, 1.54) is 19.1 Å². The van der Waals surface area contributed by atoms with Crippen molar-refractivity contribution in [3.63, 3.8) is 0 Å². The average Bonchev–Trinajstić information content (AvgIpc) is 3.25. The second-order valence-electron chi connectivity index (χ2n) is 8.35. The van der Waals surface area contributed by atoms with Crippen LogP contribution < -0.4 is 10.2 Å². The first-order valence-corrected chi connectivity index (χ1v) is 11.6. The number of anilines is 2. The van der Waals surface area contributed by atoms with Crippen LogP contribution in [-0.4, -0.2) is 57.5 Å². The summed E-state index contributed by atoms with van der Waals surface area (Å²) in [5, 5.41) is 3.99. The number of hydrogen-bond acceptors (Lipinski definition) is 6. The van der Waals surface area contributed by atoms with Gasteiger partial charge in [-0.25, -0.2) is 9.37 Å². The molecule has 4 aromatic rings. The molecule has 0 spiro atoms. The molecule has 1 N–H and O–H groups in total. The average molecular weight is 496 g/mol. The third kappa shape index (κ3) is 5.86. The van der Waals surface area contributed by atoms with Gasteiger partial charge in [0.25, 0.3) is 0 Å². The lowest BCUT2D eigenvalue weighted by Gasteiger charge is -2.22. The van der Waals surface area contributed by atoms with Crippen LogP contribution in [0.5, 0.6) is 0 Å². The summed E-state index contributed by atoms with van der Waals surface area (Å²) in [6.07, 6.45) is 1.72. The molecule has 2 aromatic heterocycles. The highest BCUT2D eigenvalue weighted by Gasteiger charge is 2.17. The van der Waals surface area contributed by atoms with Crippen LogP contribution in [0.1, 0.15) is 18.1 Å². The van der Waals surface area contributed by atoms with E-state index in [4.69, 9.17) is 21.6 Å². The van der Waals surface area contributed by atoms with Crippen molar-refractivity contribution in [3.05, 3.63) is 76.8 Å². The first-order valence-electron chi connectivity index (χ1n) is 11.2. The molecule has 4 rings (SSSR count). The van der Waals surface area contributed by atoms with Crippen LogP contribution in [0.2, 0.25) is 5.02 Å². The van der Waals surface area contributed by atoms with Gasteiger partial charge in [-0.05, 0) is 29.3 Å². The van der Waals surface area contributed by atoms with Crippen LogP contribution in [0.4, 0.5) is 16.2 Å². The Morgan fingerprint density at radius 2 is 1.83 bits per heavy atom. The Hall–Kier alpha value is -3.72. The quantitative estimate of drug-likeness (QED) is 0.375. The number of rotatable bonds is 9. The van der Waals surface area contributed by atoms with Gasteiger partial charge in [0.05, 0.1) is 12.9 Å². The second-order valence-corrected chi connectivity index (χ2v) is 8.76. The smallest absolute Gasteiger partial charge is 0.229 e. The third-order valence-electron chi connectivity index (χ3n) is 5.77. The van der Waals surface area contributed by atoms with Gasteiger partial charge in [0, 0.05) is 45.7 Å². The molecule has 1 amide bonds. The van der Waals surface area contributed by atoms with Crippen LogP contribution in [-0.2, 0) is 17.9 Å². The third-order valence-corrected chi connectivity index (χ3v) is 6.14. The highest BCUT2D eigenvalue weighted by molar-refractivity contribution is 6.31. The molecule has 0 bridgehead atoms. The van der Waals surface area contributed by atoms with Crippen LogP contribution in [0.15, 0.2) is 54.9 Å². The molecule has 2 heterocycles. The normalized spacial score (nSPS) is 11.0. The van der Waals surface area contributed by atoms with Gasteiger partial charge < -0.3 is 19.7 Å². The predicted octanol–water partition coefficient (Wildman–Crippen LogP) is 4.19. The fraction of sp³-hybridized carbons (Fsp3) is 0.280. The van der Waals surface area contributed by atoms with Crippen molar-refractivity contribution in [1.82, 2.24) is 24.4 Å². The molecule has 8 nitrogen and oxygen atoms in total. The highest BCUT2D eigenvalue weighted by Crippen LogP contribution is 2.25. The zero-order chi connectivity index (χ0) is 24.9. The van der Waals surface area contributed by atoms with E-state index in [-0.39, 0.29) is 11.7 Å². The molecule has 0 saturated heterocycles. The summed E-state index contributed by atoms with van der Waals surface area (Å²) in [7, 11) is 3.64. The van der Waals surface area contributed by atoms with Gasteiger partial charge in [-0.2, -0.15) is 9.97 Å². The minimum atomic E-state index is -0.282. The van der Waals surface area contributed by atoms with Crippen molar-refractivity contribution < 1.29 is 9.18 Å². The van der Waals surface area contributed by atoms with E-state index in [1.807, 2.05) is 40.8 Å². The Bertz CT molecular complexity index is 1330. The first kappa shape index (κ1) is 24.4. The number of fused-ring (bicyclic) bond motifs is 1. The summed E-state index contributed by atoms with van der Waals surface area (Å²) in [5.74, 6) is 0.779. The molecule has 0 unspecified atom stereocenters. The van der Waals surface area contributed by atoms with Gasteiger partial charge in [0.1, 0.15) is 5.82 Å². The Kier molecular flexibility index (Phi) is 7.45. The molecule has 2 aromatic carbocycles. The Balaban J connectivity index is 1.67. The number of halogens is 2. The van der Waals surface area contributed by atoms with Gasteiger partial charge in [0.15, 0.2) is 17.0 Å². The number of nitrogens with one attached hydrogen (secondary N) is 1. The molecule has 0 aliphatic carbocycles. The lowest BCUT2D eigenvalue weighted by atomic mass is 10.2. The molecule has 0 aliphatic rings. The number of nitrogens with zero attached hydrogens (tertiary/aromatic N) is 6. The molecule has 35 heavy (non-hydrogen) atoms.